The zero-order chi connectivity index (χ0) is 42.0. The van der Waals surface area contributed by atoms with Gasteiger partial charge in [-0.2, -0.15) is 0 Å². The van der Waals surface area contributed by atoms with E-state index in [-0.39, 0.29) is 12.2 Å². The maximum absolute atomic E-state index is 7.00. The van der Waals surface area contributed by atoms with Gasteiger partial charge in [-0.3, -0.25) is 9.89 Å². The normalized spacial score (nSPS) is 17.0. The Bertz CT molecular complexity index is 2790. The predicted molar refractivity (Wildman–Crippen MR) is 254 cm³/mol. The van der Waals surface area contributed by atoms with Crippen molar-refractivity contribution in [1.29, 1.82) is 0 Å². The molecule has 0 saturated carbocycles. The Labute approximate surface area is 366 Å². The Balaban J connectivity index is 1.23. The van der Waals surface area contributed by atoms with Crippen molar-refractivity contribution in [2.75, 3.05) is 19.6 Å². The summed E-state index contributed by atoms with van der Waals surface area (Å²) in [6.45, 7) is 4.43. The van der Waals surface area contributed by atoms with Gasteiger partial charge in [0.2, 0.25) is 0 Å². The van der Waals surface area contributed by atoms with E-state index >= 15 is 0 Å². The number of fused-ring (bicyclic) bond motifs is 7. The molecule has 0 spiro atoms. The highest BCUT2D eigenvalue weighted by Crippen LogP contribution is 2.63. The van der Waals surface area contributed by atoms with E-state index < -0.39 is 0 Å². The average Bonchev–Trinajstić information content (AvgIpc) is 3.76. The predicted octanol–water partition coefficient (Wildman–Crippen LogP) is 14.0. The number of hydrogen-bond donors (Lipinski definition) is 0. The van der Waals surface area contributed by atoms with Crippen LogP contribution < -0.4 is 33.8 Å². The fraction of sp³-hybridized carbons (Fsp3) is 0.151. The van der Waals surface area contributed by atoms with Gasteiger partial charge < -0.3 is 28.9 Å². The second kappa shape index (κ2) is 15.0. The molecule has 308 valence electrons. The van der Waals surface area contributed by atoms with Crippen molar-refractivity contribution in [2.24, 2.45) is 15.0 Å². The number of hydrogen-bond acceptors (Lipinski definition) is 10. The minimum Gasteiger partial charge on any atom is -0.453 e. The third-order valence-corrected chi connectivity index (χ3v) is 12.2. The van der Waals surface area contributed by atoms with E-state index in [0.29, 0.717) is 0 Å². The molecule has 0 aromatic heterocycles. The molecule has 7 aromatic rings. The first-order valence-corrected chi connectivity index (χ1v) is 21.8. The van der Waals surface area contributed by atoms with Crippen molar-refractivity contribution in [3.05, 3.63) is 157 Å². The molecule has 5 aliphatic heterocycles. The van der Waals surface area contributed by atoms with Crippen molar-refractivity contribution in [3.8, 4) is 34.5 Å². The molecule has 10 heteroatoms. The van der Waals surface area contributed by atoms with Gasteiger partial charge in [0.15, 0.2) is 40.7 Å². The summed E-state index contributed by atoms with van der Waals surface area (Å²) in [4.78, 5) is 23.4. The van der Waals surface area contributed by atoms with Crippen LogP contribution in [0, 0.1) is 0 Å². The zero-order valence-electron chi connectivity index (χ0n) is 34.9. The molecule has 63 heavy (non-hydrogen) atoms. The number of anilines is 10. The van der Waals surface area contributed by atoms with Crippen LogP contribution in [0.5, 0.6) is 34.5 Å². The van der Waals surface area contributed by atoms with E-state index in [1.54, 1.807) is 6.34 Å². The highest BCUT2D eigenvalue weighted by Gasteiger charge is 2.40. The van der Waals surface area contributed by atoms with Crippen LogP contribution in [0.2, 0.25) is 0 Å². The summed E-state index contributed by atoms with van der Waals surface area (Å²) in [6.07, 6.45) is 9.04. The van der Waals surface area contributed by atoms with Crippen molar-refractivity contribution >= 4 is 75.8 Å². The molecular weight excluding hydrogens is 783 g/mol. The lowest BCUT2D eigenvalue weighted by molar-refractivity contribution is 0.474. The summed E-state index contributed by atoms with van der Waals surface area (Å²) in [5.41, 5.74) is 11.6. The third kappa shape index (κ3) is 6.04. The number of aliphatic imine (C=N–C) groups is 3. The second-order valence-corrected chi connectivity index (χ2v) is 16.3. The van der Waals surface area contributed by atoms with Gasteiger partial charge in [0.25, 0.3) is 0 Å². The molecule has 0 N–H and O–H groups in total. The number of para-hydroxylation sites is 8. The molecule has 0 saturated heterocycles. The van der Waals surface area contributed by atoms with E-state index in [1.165, 1.54) is 11.1 Å². The SMILES string of the molecule is CCCc1ccc2c(c1)Oc1cc(CCC)ccc1N2c1c(N2c3ccccc3Oc3ccccc32)cc(N2C=NC3C=NC=NC32)cc1N1c2ccccc2Oc2ccccc21. The first-order valence-electron chi connectivity index (χ1n) is 21.8. The van der Waals surface area contributed by atoms with E-state index in [0.717, 1.165) is 117 Å². The molecule has 2 unspecified atom stereocenters. The van der Waals surface area contributed by atoms with Gasteiger partial charge in [0, 0.05) is 11.9 Å². The Kier molecular flexibility index (Phi) is 8.77. The van der Waals surface area contributed by atoms with E-state index in [2.05, 4.69) is 136 Å². The summed E-state index contributed by atoms with van der Waals surface area (Å²) < 4.78 is 20.3. The molecule has 5 heterocycles. The molecule has 2 atom stereocenters. The van der Waals surface area contributed by atoms with Crippen molar-refractivity contribution in [2.45, 2.75) is 51.7 Å². The monoisotopic (exact) mass is 825 g/mol. The van der Waals surface area contributed by atoms with Gasteiger partial charge in [-0.25, -0.2) is 9.98 Å². The number of nitrogens with zero attached hydrogens (tertiary/aromatic N) is 7. The van der Waals surface area contributed by atoms with Crippen molar-refractivity contribution < 1.29 is 14.2 Å². The quantitative estimate of drug-likeness (QED) is 0.151. The number of ether oxygens (including phenoxy) is 3. The Morgan fingerprint density at radius 1 is 0.460 bits per heavy atom. The van der Waals surface area contributed by atoms with Crippen LogP contribution in [0.4, 0.5) is 56.9 Å². The van der Waals surface area contributed by atoms with Crippen LogP contribution >= 0.6 is 0 Å². The minimum absolute atomic E-state index is 0.219. The molecule has 7 aromatic carbocycles. The molecule has 0 fully saturated rings. The second-order valence-electron chi connectivity index (χ2n) is 16.3. The van der Waals surface area contributed by atoms with Crippen LogP contribution in [0.1, 0.15) is 37.8 Å². The lowest BCUT2D eigenvalue weighted by atomic mass is 10.0. The average molecular weight is 826 g/mol. The summed E-state index contributed by atoms with van der Waals surface area (Å²) >= 11 is 0. The summed E-state index contributed by atoms with van der Waals surface area (Å²) in [5.74, 6) is 4.62. The molecular formula is C53H43N7O3. The van der Waals surface area contributed by atoms with Crippen LogP contribution in [0.25, 0.3) is 0 Å². The Hall–Kier alpha value is -7.85. The maximum atomic E-state index is 7.00. The van der Waals surface area contributed by atoms with Gasteiger partial charge in [0.05, 0.1) is 57.5 Å². The van der Waals surface area contributed by atoms with Crippen molar-refractivity contribution in [3.63, 3.8) is 0 Å². The fourth-order valence-electron chi connectivity index (χ4n) is 9.45. The molecule has 12 rings (SSSR count). The number of benzene rings is 7. The van der Waals surface area contributed by atoms with E-state index in [1.807, 2.05) is 61.1 Å². The van der Waals surface area contributed by atoms with Gasteiger partial charge >= 0.3 is 0 Å². The highest BCUT2D eigenvalue weighted by atomic mass is 16.5. The summed E-state index contributed by atoms with van der Waals surface area (Å²) in [6, 6.07) is 50.7. The molecule has 0 aliphatic carbocycles. The van der Waals surface area contributed by atoms with Gasteiger partial charge in [-0.15, -0.1) is 0 Å². The summed E-state index contributed by atoms with van der Waals surface area (Å²) in [7, 11) is 0. The van der Waals surface area contributed by atoms with Crippen LogP contribution in [0.15, 0.2) is 161 Å². The number of aryl methyl sites for hydroxylation is 2. The van der Waals surface area contributed by atoms with Gasteiger partial charge in [-0.1, -0.05) is 87.4 Å². The Morgan fingerprint density at radius 3 is 1.38 bits per heavy atom. The van der Waals surface area contributed by atoms with E-state index in [9.17, 15) is 0 Å². The summed E-state index contributed by atoms with van der Waals surface area (Å²) in [5, 5.41) is 0. The molecule has 5 aliphatic rings. The van der Waals surface area contributed by atoms with Gasteiger partial charge in [0.1, 0.15) is 12.4 Å². The molecule has 0 radical (unpaired) electrons. The highest BCUT2D eigenvalue weighted by molar-refractivity contribution is 6.08. The largest absolute Gasteiger partial charge is 0.453 e. The third-order valence-electron chi connectivity index (χ3n) is 12.2. The topological polar surface area (TPSA) is 77.7 Å². The first-order chi connectivity index (χ1) is 31.1. The van der Waals surface area contributed by atoms with Gasteiger partial charge in [-0.05, 0) is 109 Å². The van der Waals surface area contributed by atoms with Crippen LogP contribution in [0.3, 0.4) is 0 Å². The first kappa shape index (κ1) is 37.0. The maximum Gasteiger partial charge on any atom is 0.155 e. The Morgan fingerprint density at radius 2 is 0.905 bits per heavy atom. The minimum atomic E-state index is -0.304. The lowest BCUT2D eigenvalue weighted by Crippen LogP contribution is -2.37. The standard InChI is InChI=1S/C53H43N7O3/c1-3-13-34-23-25-42-50(27-34)63-51-28-35(14-4-2)24-26-43(51)60(42)52-44(58-38-15-5-9-19-46(38)61-47-20-10-6-16-39(47)58)29-36(57-33-56-37-31-54-32-55-53(37)57)30-45(52)59-40-17-7-11-21-48(40)62-49-22-12-8-18-41(49)59/h5-12,15-33,37,53H,3-4,13-14H2,1-2H3. The number of rotatable bonds is 8. The lowest BCUT2D eigenvalue weighted by Gasteiger charge is -2.42. The molecule has 0 amide bonds. The van der Waals surface area contributed by atoms with Crippen molar-refractivity contribution in [1.82, 2.24) is 0 Å². The van der Waals surface area contributed by atoms with E-state index in [4.69, 9.17) is 24.2 Å². The molecule has 10 nitrogen and oxygen atoms in total. The zero-order valence-corrected chi connectivity index (χ0v) is 34.9. The molecule has 0 bridgehead atoms. The van der Waals surface area contributed by atoms with Crippen LogP contribution in [-0.4, -0.2) is 31.1 Å². The fourth-order valence-corrected chi connectivity index (χ4v) is 9.45. The smallest absolute Gasteiger partial charge is 0.155 e. The van der Waals surface area contributed by atoms with Crippen LogP contribution in [-0.2, 0) is 12.8 Å².